The third kappa shape index (κ3) is 3.26. The van der Waals surface area contributed by atoms with Gasteiger partial charge in [0.2, 0.25) is 0 Å². The molecule has 0 unspecified atom stereocenters. The van der Waals surface area contributed by atoms with Crippen LogP contribution in [0, 0.1) is 0 Å². The zero-order chi connectivity index (χ0) is 13.8. The van der Waals surface area contributed by atoms with E-state index < -0.39 is 0 Å². The van der Waals surface area contributed by atoms with E-state index in [1.165, 1.54) is 0 Å². The average molecular weight is 325 g/mol. The molecule has 2 aromatic rings. The normalized spacial score (nSPS) is 10.8. The zero-order valence-electron chi connectivity index (χ0n) is 11.2. The van der Waals surface area contributed by atoms with Crippen molar-refractivity contribution in [1.29, 1.82) is 0 Å². The van der Waals surface area contributed by atoms with Gasteiger partial charge in [-0.05, 0) is 41.9 Å². The molecule has 0 aliphatic heterocycles. The molecule has 0 aliphatic rings. The molecule has 0 spiro atoms. The van der Waals surface area contributed by atoms with Gasteiger partial charge in [-0.25, -0.2) is 9.67 Å². The quantitative estimate of drug-likeness (QED) is 0.917. The van der Waals surface area contributed by atoms with Crippen molar-refractivity contribution >= 4 is 21.6 Å². The Kier molecular flexibility index (Phi) is 4.42. The van der Waals surface area contributed by atoms with Crippen molar-refractivity contribution in [2.45, 2.75) is 26.4 Å². The molecule has 0 bridgehead atoms. The van der Waals surface area contributed by atoms with Crippen LogP contribution in [0.1, 0.15) is 25.7 Å². The van der Waals surface area contributed by atoms with Gasteiger partial charge in [0.05, 0.1) is 18.1 Å². The molecular weight excluding hydrogens is 308 g/mol. The molecule has 6 heteroatoms. The van der Waals surface area contributed by atoms with Crippen LogP contribution < -0.4 is 10.1 Å². The number of halogens is 1. The lowest BCUT2D eigenvalue weighted by molar-refractivity contribution is 0.412. The Bertz CT molecular complexity index is 553. The number of methoxy groups -OCH3 is 1. The van der Waals surface area contributed by atoms with Crippen LogP contribution in [-0.2, 0) is 6.54 Å². The number of rotatable bonds is 5. The standard InChI is InChI=1S/C13H17BrN4O/c1-9(2)18-13(16-8-17-18)7-15-10-4-5-11(14)12(6-10)19-3/h4-6,8-9,15H,7H2,1-3H3. The predicted octanol–water partition coefficient (Wildman–Crippen LogP) is 3.24. The molecule has 0 aliphatic carbocycles. The summed E-state index contributed by atoms with van der Waals surface area (Å²) in [6.07, 6.45) is 1.58. The second kappa shape index (κ2) is 6.06. The molecule has 102 valence electrons. The lowest BCUT2D eigenvalue weighted by Crippen LogP contribution is -2.12. The fraction of sp³-hybridized carbons (Fsp3) is 0.385. The Labute approximate surface area is 121 Å². The topological polar surface area (TPSA) is 52.0 Å². The first kappa shape index (κ1) is 13.9. The van der Waals surface area contributed by atoms with E-state index in [9.17, 15) is 0 Å². The Morgan fingerprint density at radius 2 is 2.21 bits per heavy atom. The number of nitrogens with zero attached hydrogens (tertiary/aromatic N) is 3. The van der Waals surface area contributed by atoms with E-state index in [2.05, 4.69) is 45.2 Å². The Morgan fingerprint density at radius 3 is 2.89 bits per heavy atom. The first-order valence-corrected chi connectivity index (χ1v) is 6.87. The maximum absolute atomic E-state index is 5.26. The zero-order valence-corrected chi connectivity index (χ0v) is 12.8. The molecule has 1 N–H and O–H groups in total. The van der Waals surface area contributed by atoms with E-state index >= 15 is 0 Å². The molecule has 0 saturated heterocycles. The lowest BCUT2D eigenvalue weighted by atomic mass is 10.3. The van der Waals surface area contributed by atoms with E-state index in [4.69, 9.17) is 4.74 Å². The molecule has 0 saturated carbocycles. The van der Waals surface area contributed by atoms with Gasteiger partial charge in [0.1, 0.15) is 17.9 Å². The van der Waals surface area contributed by atoms with Gasteiger partial charge in [0, 0.05) is 17.8 Å². The minimum atomic E-state index is 0.304. The van der Waals surface area contributed by atoms with Crippen molar-refractivity contribution in [2.75, 3.05) is 12.4 Å². The maximum Gasteiger partial charge on any atom is 0.146 e. The second-order valence-corrected chi connectivity index (χ2v) is 5.27. The van der Waals surface area contributed by atoms with Crippen molar-refractivity contribution in [2.24, 2.45) is 0 Å². The fourth-order valence-electron chi connectivity index (χ4n) is 1.78. The van der Waals surface area contributed by atoms with Gasteiger partial charge in [-0.1, -0.05) is 0 Å². The molecule has 0 amide bonds. The number of ether oxygens (including phenoxy) is 1. The van der Waals surface area contributed by atoms with Gasteiger partial charge < -0.3 is 10.1 Å². The minimum absolute atomic E-state index is 0.304. The van der Waals surface area contributed by atoms with Crippen molar-refractivity contribution in [3.63, 3.8) is 0 Å². The lowest BCUT2D eigenvalue weighted by Gasteiger charge is -2.12. The van der Waals surface area contributed by atoms with Crippen LogP contribution in [0.3, 0.4) is 0 Å². The summed E-state index contributed by atoms with van der Waals surface area (Å²) in [6, 6.07) is 6.19. The summed E-state index contributed by atoms with van der Waals surface area (Å²) in [5, 5.41) is 7.53. The van der Waals surface area contributed by atoms with Crippen LogP contribution in [0.15, 0.2) is 29.0 Å². The highest BCUT2D eigenvalue weighted by molar-refractivity contribution is 9.10. The van der Waals surface area contributed by atoms with Gasteiger partial charge >= 0.3 is 0 Å². The number of hydrogen-bond acceptors (Lipinski definition) is 4. The Morgan fingerprint density at radius 1 is 1.42 bits per heavy atom. The summed E-state index contributed by atoms with van der Waals surface area (Å²) < 4.78 is 8.11. The highest BCUT2D eigenvalue weighted by Gasteiger charge is 2.07. The first-order valence-electron chi connectivity index (χ1n) is 6.07. The van der Waals surface area contributed by atoms with Crippen molar-refractivity contribution in [3.8, 4) is 5.75 Å². The monoisotopic (exact) mass is 324 g/mol. The number of aromatic nitrogens is 3. The van der Waals surface area contributed by atoms with Crippen LogP contribution in [0.25, 0.3) is 0 Å². The van der Waals surface area contributed by atoms with Crippen molar-refractivity contribution in [1.82, 2.24) is 14.8 Å². The third-order valence-electron chi connectivity index (χ3n) is 2.74. The number of benzene rings is 1. The number of nitrogens with one attached hydrogen (secondary N) is 1. The molecule has 19 heavy (non-hydrogen) atoms. The molecule has 2 rings (SSSR count). The van der Waals surface area contributed by atoms with Gasteiger partial charge in [-0.3, -0.25) is 0 Å². The van der Waals surface area contributed by atoms with Gasteiger partial charge in [-0.15, -0.1) is 0 Å². The predicted molar refractivity (Wildman–Crippen MR) is 78.4 cm³/mol. The Hall–Kier alpha value is -1.56. The molecule has 1 heterocycles. The number of hydrogen-bond donors (Lipinski definition) is 1. The summed E-state index contributed by atoms with van der Waals surface area (Å²) in [4.78, 5) is 4.26. The highest BCUT2D eigenvalue weighted by atomic mass is 79.9. The van der Waals surface area contributed by atoms with Crippen LogP contribution in [0.2, 0.25) is 0 Å². The van der Waals surface area contributed by atoms with E-state index in [-0.39, 0.29) is 0 Å². The summed E-state index contributed by atoms with van der Waals surface area (Å²) in [7, 11) is 1.65. The van der Waals surface area contributed by atoms with Crippen LogP contribution in [0.4, 0.5) is 5.69 Å². The van der Waals surface area contributed by atoms with E-state index in [0.29, 0.717) is 12.6 Å². The molecule has 1 aromatic carbocycles. The van der Waals surface area contributed by atoms with E-state index in [1.807, 2.05) is 22.9 Å². The van der Waals surface area contributed by atoms with Gasteiger partial charge in [-0.2, -0.15) is 5.10 Å². The highest BCUT2D eigenvalue weighted by Crippen LogP contribution is 2.27. The molecular formula is C13H17BrN4O. The number of anilines is 1. The molecule has 5 nitrogen and oxygen atoms in total. The molecule has 0 atom stereocenters. The maximum atomic E-state index is 5.26. The SMILES string of the molecule is COc1cc(NCc2ncnn2C(C)C)ccc1Br. The van der Waals surface area contributed by atoms with Gasteiger partial charge in [0.25, 0.3) is 0 Å². The average Bonchev–Trinajstić information content (AvgIpc) is 2.86. The van der Waals surface area contributed by atoms with E-state index in [0.717, 1.165) is 21.7 Å². The summed E-state index contributed by atoms with van der Waals surface area (Å²) >= 11 is 3.43. The smallest absolute Gasteiger partial charge is 0.146 e. The summed E-state index contributed by atoms with van der Waals surface area (Å²) in [6.45, 7) is 4.80. The second-order valence-electron chi connectivity index (χ2n) is 4.42. The third-order valence-corrected chi connectivity index (χ3v) is 3.39. The Balaban J connectivity index is 2.08. The molecule has 1 aromatic heterocycles. The van der Waals surface area contributed by atoms with Gasteiger partial charge in [0.15, 0.2) is 0 Å². The fourth-order valence-corrected chi connectivity index (χ4v) is 2.19. The van der Waals surface area contributed by atoms with Crippen LogP contribution in [-0.4, -0.2) is 21.9 Å². The minimum Gasteiger partial charge on any atom is -0.495 e. The van der Waals surface area contributed by atoms with Crippen LogP contribution in [0.5, 0.6) is 5.75 Å². The van der Waals surface area contributed by atoms with E-state index in [1.54, 1.807) is 13.4 Å². The molecule has 0 fully saturated rings. The van der Waals surface area contributed by atoms with Crippen molar-refractivity contribution in [3.05, 3.63) is 34.8 Å². The van der Waals surface area contributed by atoms with Crippen LogP contribution >= 0.6 is 15.9 Å². The summed E-state index contributed by atoms with van der Waals surface area (Å²) in [5.41, 5.74) is 0.985. The largest absolute Gasteiger partial charge is 0.495 e. The summed E-state index contributed by atoms with van der Waals surface area (Å²) in [5.74, 6) is 1.72. The van der Waals surface area contributed by atoms with Crippen molar-refractivity contribution < 1.29 is 4.74 Å². The first-order chi connectivity index (χ1) is 9.11. The molecule has 0 radical (unpaired) electrons.